The summed E-state index contributed by atoms with van der Waals surface area (Å²) in [6, 6.07) is 12.9. The molecule has 0 saturated carbocycles. The van der Waals surface area contributed by atoms with E-state index in [0.717, 1.165) is 11.4 Å². The molecule has 118 valence electrons. The van der Waals surface area contributed by atoms with Gasteiger partial charge in [0.05, 0.1) is 19.3 Å². The molecule has 6 heteroatoms. The maximum absolute atomic E-state index is 11.0. The number of pyridine rings is 1. The molecule has 0 fully saturated rings. The van der Waals surface area contributed by atoms with E-state index in [1.165, 1.54) is 13.3 Å². The molecule has 0 aliphatic carbocycles. The zero-order valence-electron chi connectivity index (χ0n) is 12.8. The van der Waals surface area contributed by atoms with Gasteiger partial charge in [0, 0.05) is 18.3 Å². The minimum atomic E-state index is -0.233. The zero-order valence-corrected chi connectivity index (χ0v) is 12.8. The molecule has 0 radical (unpaired) electrons. The van der Waals surface area contributed by atoms with Gasteiger partial charge in [0.15, 0.2) is 0 Å². The van der Waals surface area contributed by atoms with Crippen molar-refractivity contribution in [3.05, 3.63) is 48.2 Å². The smallest absolute Gasteiger partial charge is 0.305 e. The minimum absolute atomic E-state index is 0.233. The number of carbonyl (C=O) groups excluding carboxylic acids is 1. The van der Waals surface area contributed by atoms with E-state index in [4.69, 9.17) is 10.00 Å². The molecule has 0 saturated heterocycles. The van der Waals surface area contributed by atoms with Gasteiger partial charge in [-0.2, -0.15) is 5.26 Å². The van der Waals surface area contributed by atoms with Crippen LogP contribution in [0.15, 0.2) is 42.6 Å². The number of rotatable bonds is 7. The summed E-state index contributed by atoms with van der Waals surface area (Å²) in [7, 11) is 1.37. The van der Waals surface area contributed by atoms with Gasteiger partial charge in [0.1, 0.15) is 17.6 Å². The molecule has 6 nitrogen and oxygen atoms in total. The van der Waals surface area contributed by atoms with Crippen molar-refractivity contribution in [2.45, 2.75) is 12.8 Å². The Labute approximate surface area is 134 Å². The van der Waals surface area contributed by atoms with E-state index in [2.05, 4.69) is 15.0 Å². The fourth-order valence-electron chi connectivity index (χ4n) is 1.82. The number of anilines is 2. The lowest BCUT2D eigenvalue weighted by atomic mass is 10.3. The summed E-state index contributed by atoms with van der Waals surface area (Å²) in [6.07, 6.45) is 2.48. The number of carbonyl (C=O) groups is 1. The molecule has 0 bridgehead atoms. The summed E-state index contributed by atoms with van der Waals surface area (Å²) in [5.74, 6) is 1.16. The molecule has 0 unspecified atom stereocenters. The van der Waals surface area contributed by atoms with Crippen LogP contribution in [0.25, 0.3) is 0 Å². The van der Waals surface area contributed by atoms with Gasteiger partial charge in [-0.25, -0.2) is 4.98 Å². The van der Waals surface area contributed by atoms with E-state index in [9.17, 15) is 4.79 Å². The Hall–Kier alpha value is -3.07. The third-order valence-corrected chi connectivity index (χ3v) is 3.04. The normalized spacial score (nSPS) is 9.74. The summed E-state index contributed by atoms with van der Waals surface area (Å²) in [5, 5.41) is 11.9. The molecule has 0 amide bonds. The van der Waals surface area contributed by atoms with E-state index >= 15 is 0 Å². The lowest BCUT2D eigenvalue weighted by molar-refractivity contribution is -0.140. The molecular formula is C17H17N3O3. The zero-order chi connectivity index (χ0) is 16.5. The van der Waals surface area contributed by atoms with Crippen LogP contribution in [0.3, 0.4) is 0 Å². The number of esters is 1. The SMILES string of the molecule is COC(=O)CCCOc1ccc(Nc2ccc(C#N)cn2)cc1. The van der Waals surface area contributed by atoms with E-state index in [1.807, 2.05) is 30.3 Å². The molecule has 0 spiro atoms. The van der Waals surface area contributed by atoms with Gasteiger partial charge in [0.2, 0.25) is 0 Å². The molecule has 0 atom stereocenters. The Balaban J connectivity index is 1.82. The highest BCUT2D eigenvalue weighted by Gasteiger charge is 2.01. The monoisotopic (exact) mass is 311 g/mol. The van der Waals surface area contributed by atoms with Crippen LogP contribution < -0.4 is 10.1 Å². The Kier molecular flexibility index (Phi) is 5.95. The third kappa shape index (κ3) is 5.32. The Morgan fingerprint density at radius 2 is 2.04 bits per heavy atom. The predicted octanol–water partition coefficient (Wildman–Crippen LogP) is 3.03. The van der Waals surface area contributed by atoms with Crippen LogP contribution in [0.2, 0.25) is 0 Å². The summed E-state index contributed by atoms with van der Waals surface area (Å²) in [6.45, 7) is 0.457. The molecule has 2 aromatic rings. The van der Waals surface area contributed by atoms with Crippen molar-refractivity contribution >= 4 is 17.5 Å². The second kappa shape index (κ2) is 8.39. The number of nitrogens with zero attached hydrogens (tertiary/aromatic N) is 2. The Morgan fingerprint density at radius 3 is 2.65 bits per heavy atom. The molecule has 1 N–H and O–H groups in total. The quantitative estimate of drug-likeness (QED) is 0.625. The fourth-order valence-corrected chi connectivity index (χ4v) is 1.82. The van der Waals surface area contributed by atoms with Crippen molar-refractivity contribution in [1.82, 2.24) is 4.98 Å². The van der Waals surface area contributed by atoms with Gasteiger partial charge in [-0.05, 0) is 42.8 Å². The molecular weight excluding hydrogens is 294 g/mol. The second-order valence-corrected chi connectivity index (χ2v) is 4.72. The number of nitrogens with one attached hydrogen (secondary N) is 1. The van der Waals surface area contributed by atoms with Crippen molar-refractivity contribution in [1.29, 1.82) is 5.26 Å². The number of hydrogen-bond donors (Lipinski definition) is 1. The van der Waals surface area contributed by atoms with Gasteiger partial charge in [-0.3, -0.25) is 4.79 Å². The highest BCUT2D eigenvalue weighted by atomic mass is 16.5. The maximum Gasteiger partial charge on any atom is 0.305 e. The molecule has 1 aromatic heterocycles. The minimum Gasteiger partial charge on any atom is -0.494 e. The standard InChI is InChI=1S/C17H17N3O3/c1-22-17(21)3-2-10-23-15-7-5-14(6-8-15)20-16-9-4-13(11-18)12-19-16/h4-9,12H,2-3,10H2,1H3,(H,19,20). The van der Waals surface area contributed by atoms with E-state index < -0.39 is 0 Å². The highest BCUT2D eigenvalue weighted by molar-refractivity contribution is 5.69. The maximum atomic E-state index is 11.0. The first-order valence-corrected chi connectivity index (χ1v) is 7.14. The fraction of sp³-hybridized carbons (Fsp3) is 0.235. The summed E-state index contributed by atoms with van der Waals surface area (Å²) < 4.78 is 10.1. The third-order valence-electron chi connectivity index (χ3n) is 3.04. The summed E-state index contributed by atoms with van der Waals surface area (Å²) >= 11 is 0. The molecule has 0 aliphatic heterocycles. The summed E-state index contributed by atoms with van der Waals surface area (Å²) in [5.41, 5.74) is 1.38. The van der Waals surface area contributed by atoms with Crippen molar-refractivity contribution in [3.63, 3.8) is 0 Å². The van der Waals surface area contributed by atoms with Gasteiger partial charge >= 0.3 is 5.97 Å². The number of methoxy groups -OCH3 is 1. The van der Waals surface area contributed by atoms with Crippen LogP contribution in [-0.2, 0) is 9.53 Å². The molecule has 0 aliphatic rings. The first kappa shape index (κ1) is 16.3. The lowest BCUT2D eigenvalue weighted by Gasteiger charge is -2.08. The van der Waals surface area contributed by atoms with Crippen LogP contribution in [0.1, 0.15) is 18.4 Å². The predicted molar refractivity (Wildman–Crippen MR) is 85.4 cm³/mol. The lowest BCUT2D eigenvalue weighted by Crippen LogP contribution is -2.04. The van der Waals surface area contributed by atoms with E-state index in [-0.39, 0.29) is 5.97 Å². The van der Waals surface area contributed by atoms with Crippen LogP contribution in [-0.4, -0.2) is 24.7 Å². The van der Waals surface area contributed by atoms with Gasteiger partial charge < -0.3 is 14.8 Å². The van der Waals surface area contributed by atoms with Crippen LogP contribution >= 0.6 is 0 Å². The molecule has 2 rings (SSSR count). The number of benzene rings is 1. The average molecular weight is 311 g/mol. The van der Waals surface area contributed by atoms with Gasteiger partial charge in [-0.1, -0.05) is 0 Å². The first-order chi connectivity index (χ1) is 11.2. The van der Waals surface area contributed by atoms with Crippen molar-refractivity contribution in [3.8, 4) is 11.8 Å². The highest BCUT2D eigenvalue weighted by Crippen LogP contribution is 2.19. The van der Waals surface area contributed by atoms with Crippen LogP contribution in [0, 0.1) is 11.3 Å². The average Bonchev–Trinajstić information content (AvgIpc) is 2.60. The number of aromatic nitrogens is 1. The van der Waals surface area contributed by atoms with Crippen molar-refractivity contribution in [2.75, 3.05) is 19.0 Å². The van der Waals surface area contributed by atoms with Gasteiger partial charge in [0.25, 0.3) is 0 Å². The molecule has 1 heterocycles. The van der Waals surface area contributed by atoms with Gasteiger partial charge in [-0.15, -0.1) is 0 Å². The molecule has 1 aromatic carbocycles. The van der Waals surface area contributed by atoms with Crippen molar-refractivity contribution < 1.29 is 14.3 Å². The molecule has 23 heavy (non-hydrogen) atoms. The first-order valence-electron chi connectivity index (χ1n) is 7.14. The number of ether oxygens (including phenoxy) is 2. The van der Waals surface area contributed by atoms with Crippen molar-refractivity contribution in [2.24, 2.45) is 0 Å². The van der Waals surface area contributed by atoms with E-state index in [0.29, 0.717) is 30.8 Å². The van der Waals surface area contributed by atoms with Crippen LogP contribution in [0.4, 0.5) is 11.5 Å². The topological polar surface area (TPSA) is 84.2 Å². The largest absolute Gasteiger partial charge is 0.494 e. The Morgan fingerprint density at radius 1 is 1.26 bits per heavy atom. The van der Waals surface area contributed by atoms with E-state index in [1.54, 1.807) is 12.1 Å². The Bertz CT molecular complexity index is 676. The second-order valence-electron chi connectivity index (χ2n) is 4.72. The summed E-state index contributed by atoms with van der Waals surface area (Å²) in [4.78, 5) is 15.1. The number of hydrogen-bond acceptors (Lipinski definition) is 6. The van der Waals surface area contributed by atoms with Crippen LogP contribution in [0.5, 0.6) is 5.75 Å². The number of nitriles is 1.